The van der Waals surface area contributed by atoms with Crippen LogP contribution in [0.3, 0.4) is 0 Å². The van der Waals surface area contributed by atoms with Gasteiger partial charge in [0.25, 0.3) is 0 Å². The molecule has 0 aliphatic heterocycles. The van der Waals surface area contributed by atoms with E-state index >= 15 is 0 Å². The molecule has 0 saturated carbocycles. The summed E-state index contributed by atoms with van der Waals surface area (Å²) in [7, 11) is 1.66. The van der Waals surface area contributed by atoms with Crippen molar-refractivity contribution in [1.82, 2.24) is 5.32 Å². The molecule has 4 nitrogen and oxygen atoms in total. The normalized spacial score (nSPS) is 13.2. The molecule has 1 rings (SSSR count). The van der Waals surface area contributed by atoms with Gasteiger partial charge in [-0.3, -0.25) is 4.79 Å². The maximum Gasteiger partial charge on any atom is 0.236 e. The van der Waals surface area contributed by atoms with Gasteiger partial charge in [-0.1, -0.05) is 32.9 Å². The van der Waals surface area contributed by atoms with Crippen molar-refractivity contribution in [2.45, 2.75) is 45.6 Å². The fourth-order valence-electron chi connectivity index (χ4n) is 2.26. The molecule has 3 N–H and O–H groups in total. The molecule has 0 aromatic heterocycles. The van der Waals surface area contributed by atoms with E-state index in [1.807, 2.05) is 12.1 Å². The Hall–Kier alpha value is -1.26. The number of rotatable bonds is 8. The lowest BCUT2D eigenvalue weighted by Gasteiger charge is -2.16. The second-order valence-corrected chi connectivity index (χ2v) is 5.99. The molecule has 0 saturated heterocycles. The Morgan fingerprint density at radius 2 is 1.82 bits per heavy atom. The van der Waals surface area contributed by atoms with Crippen molar-refractivity contribution in [2.75, 3.05) is 13.7 Å². The van der Waals surface area contributed by atoms with Gasteiger partial charge in [0.05, 0.1) is 13.2 Å². The smallest absolute Gasteiger partial charge is 0.236 e. The Bertz CT molecular complexity index is 435. The number of amides is 1. The van der Waals surface area contributed by atoms with E-state index in [0.717, 1.165) is 18.6 Å². The van der Waals surface area contributed by atoms with Crippen molar-refractivity contribution in [3.63, 3.8) is 0 Å². The molecule has 1 aromatic rings. The molecule has 1 unspecified atom stereocenters. The molecule has 0 radical (unpaired) electrons. The second-order valence-electron chi connectivity index (χ2n) is 5.99. The summed E-state index contributed by atoms with van der Waals surface area (Å²) < 4.78 is 5.15. The van der Waals surface area contributed by atoms with Crippen LogP contribution in [0.1, 0.15) is 45.1 Å². The monoisotopic (exact) mass is 328 g/mol. The van der Waals surface area contributed by atoms with E-state index < -0.39 is 6.04 Å². The van der Waals surface area contributed by atoms with Gasteiger partial charge < -0.3 is 15.8 Å². The van der Waals surface area contributed by atoms with Crippen molar-refractivity contribution in [3.8, 4) is 5.75 Å². The third-order valence-electron chi connectivity index (χ3n) is 3.62. The zero-order valence-corrected chi connectivity index (χ0v) is 14.8. The average molecular weight is 329 g/mol. The Kier molecular flexibility index (Phi) is 9.86. The number of carbonyl (C=O) groups is 1. The van der Waals surface area contributed by atoms with Crippen molar-refractivity contribution in [2.24, 2.45) is 11.7 Å². The van der Waals surface area contributed by atoms with Gasteiger partial charge in [0.2, 0.25) is 5.91 Å². The first kappa shape index (κ1) is 20.7. The maximum absolute atomic E-state index is 11.8. The molecular formula is C17H29ClN2O2. The first-order valence-electron chi connectivity index (χ1n) is 7.61. The van der Waals surface area contributed by atoms with Crippen molar-refractivity contribution >= 4 is 18.3 Å². The predicted octanol–water partition coefficient (Wildman–Crippen LogP) is 3.10. The number of ether oxygens (including phenoxy) is 1. The molecule has 0 aliphatic carbocycles. The minimum Gasteiger partial charge on any atom is -0.497 e. The lowest BCUT2D eigenvalue weighted by atomic mass is 9.97. The Morgan fingerprint density at radius 1 is 1.23 bits per heavy atom. The van der Waals surface area contributed by atoms with Gasteiger partial charge in [-0.25, -0.2) is 0 Å². The van der Waals surface area contributed by atoms with Crippen LogP contribution in [0.15, 0.2) is 24.3 Å². The van der Waals surface area contributed by atoms with Gasteiger partial charge in [-0.15, -0.1) is 12.4 Å². The minimum atomic E-state index is -0.402. The molecule has 0 heterocycles. The van der Waals surface area contributed by atoms with Gasteiger partial charge in [-0.05, 0) is 42.4 Å². The molecule has 1 aromatic carbocycles. The minimum absolute atomic E-state index is 0. The number of halogens is 1. The van der Waals surface area contributed by atoms with E-state index in [4.69, 9.17) is 10.5 Å². The Labute approximate surface area is 140 Å². The van der Waals surface area contributed by atoms with Gasteiger partial charge in [0.1, 0.15) is 5.75 Å². The molecule has 5 heteroatoms. The Balaban J connectivity index is 0.00000441. The molecule has 1 amide bonds. The van der Waals surface area contributed by atoms with E-state index in [-0.39, 0.29) is 18.3 Å². The number of hydrogen-bond acceptors (Lipinski definition) is 3. The van der Waals surface area contributed by atoms with Crippen LogP contribution in [0, 0.1) is 5.92 Å². The SMILES string of the molecule is COc1ccc(C(C)CCNC(=O)[C@@H](N)CC(C)C)cc1.Cl. The number of nitrogens with one attached hydrogen (secondary N) is 1. The standard InChI is InChI=1S/C17H28N2O2.ClH/c1-12(2)11-16(18)17(20)19-10-9-13(3)14-5-7-15(21-4)8-6-14;/h5-8,12-13,16H,9-11,18H2,1-4H3,(H,19,20);1H/t13?,16-;/m0./s1. The molecule has 0 bridgehead atoms. The van der Waals surface area contributed by atoms with Crippen molar-refractivity contribution < 1.29 is 9.53 Å². The largest absolute Gasteiger partial charge is 0.497 e. The number of methoxy groups -OCH3 is 1. The Morgan fingerprint density at radius 3 is 2.32 bits per heavy atom. The topological polar surface area (TPSA) is 64.3 Å². The fourth-order valence-corrected chi connectivity index (χ4v) is 2.26. The first-order valence-corrected chi connectivity index (χ1v) is 7.61. The third kappa shape index (κ3) is 7.14. The second kappa shape index (κ2) is 10.5. The first-order chi connectivity index (χ1) is 9.93. The van der Waals surface area contributed by atoms with Crippen LogP contribution in [0.5, 0.6) is 5.75 Å². The van der Waals surface area contributed by atoms with Crippen LogP contribution >= 0.6 is 12.4 Å². The summed E-state index contributed by atoms with van der Waals surface area (Å²) in [5, 5.41) is 2.92. The van der Waals surface area contributed by atoms with Crippen LogP contribution in [-0.2, 0) is 4.79 Å². The summed E-state index contributed by atoms with van der Waals surface area (Å²) in [5.74, 6) is 1.63. The zero-order chi connectivity index (χ0) is 15.8. The number of benzene rings is 1. The highest BCUT2D eigenvalue weighted by molar-refractivity contribution is 5.85. The summed E-state index contributed by atoms with van der Waals surface area (Å²) >= 11 is 0. The van der Waals surface area contributed by atoms with Crippen LogP contribution in [0.4, 0.5) is 0 Å². The lowest BCUT2D eigenvalue weighted by Crippen LogP contribution is -2.41. The van der Waals surface area contributed by atoms with Crippen LogP contribution in [-0.4, -0.2) is 25.6 Å². The number of carbonyl (C=O) groups excluding carboxylic acids is 1. The average Bonchev–Trinajstić information content (AvgIpc) is 2.46. The van der Waals surface area contributed by atoms with Gasteiger partial charge in [-0.2, -0.15) is 0 Å². The summed E-state index contributed by atoms with van der Waals surface area (Å²) in [6.07, 6.45) is 1.62. The summed E-state index contributed by atoms with van der Waals surface area (Å²) in [4.78, 5) is 11.8. The quantitative estimate of drug-likeness (QED) is 0.770. The molecule has 0 aliphatic rings. The number of hydrogen-bond donors (Lipinski definition) is 2. The van der Waals surface area contributed by atoms with Crippen molar-refractivity contribution in [1.29, 1.82) is 0 Å². The van der Waals surface area contributed by atoms with Crippen LogP contribution in [0.25, 0.3) is 0 Å². The van der Waals surface area contributed by atoms with E-state index in [0.29, 0.717) is 18.4 Å². The third-order valence-corrected chi connectivity index (χ3v) is 3.62. The van der Waals surface area contributed by atoms with E-state index in [1.54, 1.807) is 7.11 Å². The maximum atomic E-state index is 11.8. The fraction of sp³-hybridized carbons (Fsp3) is 0.588. The van der Waals surface area contributed by atoms with Gasteiger partial charge in [0.15, 0.2) is 0 Å². The summed E-state index contributed by atoms with van der Waals surface area (Å²) in [5.41, 5.74) is 7.10. The molecule has 0 spiro atoms. The lowest BCUT2D eigenvalue weighted by molar-refractivity contribution is -0.122. The van der Waals surface area contributed by atoms with Crippen LogP contribution in [0.2, 0.25) is 0 Å². The molecule has 0 fully saturated rings. The highest BCUT2D eigenvalue weighted by Gasteiger charge is 2.14. The number of nitrogens with two attached hydrogens (primary N) is 1. The highest BCUT2D eigenvalue weighted by Crippen LogP contribution is 2.21. The molecule has 126 valence electrons. The highest BCUT2D eigenvalue weighted by atomic mass is 35.5. The van der Waals surface area contributed by atoms with Gasteiger partial charge >= 0.3 is 0 Å². The predicted molar refractivity (Wildman–Crippen MR) is 93.7 cm³/mol. The summed E-state index contributed by atoms with van der Waals surface area (Å²) in [6, 6.07) is 7.65. The van der Waals surface area contributed by atoms with Crippen molar-refractivity contribution in [3.05, 3.63) is 29.8 Å². The molecule has 2 atom stereocenters. The molecule has 22 heavy (non-hydrogen) atoms. The van der Waals surface area contributed by atoms with Gasteiger partial charge in [0, 0.05) is 6.54 Å². The molecular weight excluding hydrogens is 300 g/mol. The zero-order valence-electron chi connectivity index (χ0n) is 14.0. The van der Waals surface area contributed by atoms with Crippen LogP contribution < -0.4 is 15.8 Å². The van der Waals surface area contributed by atoms with E-state index in [2.05, 4.69) is 38.2 Å². The van der Waals surface area contributed by atoms with E-state index in [1.165, 1.54) is 5.56 Å². The summed E-state index contributed by atoms with van der Waals surface area (Å²) in [6.45, 7) is 6.94. The van der Waals surface area contributed by atoms with E-state index in [9.17, 15) is 4.79 Å².